The lowest BCUT2D eigenvalue weighted by Crippen LogP contribution is -2.34. The molecule has 0 radical (unpaired) electrons. The molecule has 1 aromatic carbocycles. The highest BCUT2D eigenvalue weighted by atomic mass is 19.4. The number of nitrogens with zero attached hydrogens (tertiary/aromatic N) is 5. The lowest BCUT2D eigenvalue weighted by molar-refractivity contribution is -0.143. The number of rotatable bonds is 2. The normalized spacial score (nSPS) is 17.1. The van der Waals surface area contributed by atoms with Crippen LogP contribution in [0, 0.1) is 17.1 Å². The first kappa shape index (κ1) is 18.6. The SMILES string of the molecule is N#C[C@@H]1CN(c2cnc(C(F)(F)F)c(F)c2)C(=O)N1c1cncc2ccccc12. The number of pyridine rings is 2. The fourth-order valence-electron chi connectivity index (χ4n) is 3.26. The van der Waals surface area contributed by atoms with E-state index in [0.29, 0.717) is 17.1 Å². The van der Waals surface area contributed by atoms with Crippen LogP contribution in [-0.2, 0) is 6.18 Å². The van der Waals surface area contributed by atoms with Gasteiger partial charge in [0.15, 0.2) is 11.5 Å². The number of carbonyl (C=O) groups excluding carboxylic acids is 1. The average Bonchev–Trinajstić information content (AvgIpc) is 3.02. The van der Waals surface area contributed by atoms with Gasteiger partial charge in [0.25, 0.3) is 0 Å². The van der Waals surface area contributed by atoms with Gasteiger partial charge in [-0.2, -0.15) is 18.4 Å². The van der Waals surface area contributed by atoms with E-state index in [-0.39, 0.29) is 12.2 Å². The fraction of sp³-hybridized carbons (Fsp3) is 0.158. The first-order valence-corrected chi connectivity index (χ1v) is 8.37. The Bertz CT molecular complexity index is 1150. The van der Waals surface area contributed by atoms with Crippen LogP contribution in [0.5, 0.6) is 0 Å². The van der Waals surface area contributed by atoms with Gasteiger partial charge in [-0.15, -0.1) is 0 Å². The Balaban J connectivity index is 1.76. The van der Waals surface area contributed by atoms with Gasteiger partial charge in [0, 0.05) is 23.0 Å². The number of hydrogen-bond donors (Lipinski definition) is 0. The van der Waals surface area contributed by atoms with Gasteiger partial charge in [0.1, 0.15) is 6.04 Å². The van der Waals surface area contributed by atoms with Crippen molar-refractivity contribution in [2.24, 2.45) is 0 Å². The van der Waals surface area contributed by atoms with E-state index in [2.05, 4.69) is 9.97 Å². The second-order valence-electron chi connectivity index (χ2n) is 6.31. The minimum absolute atomic E-state index is 0.162. The number of hydrogen-bond acceptors (Lipinski definition) is 4. The number of fused-ring (bicyclic) bond motifs is 1. The summed E-state index contributed by atoms with van der Waals surface area (Å²) >= 11 is 0. The molecule has 0 spiro atoms. The zero-order valence-corrected chi connectivity index (χ0v) is 14.6. The van der Waals surface area contributed by atoms with Gasteiger partial charge < -0.3 is 0 Å². The quantitative estimate of drug-likeness (QED) is 0.606. The van der Waals surface area contributed by atoms with Crippen molar-refractivity contribution >= 4 is 28.2 Å². The number of amides is 2. The van der Waals surface area contributed by atoms with Crippen LogP contribution >= 0.6 is 0 Å². The van der Waals surface area contributed by atoms with Crippen LogP contribution in [0.15, 0.2) is 48.9 Å². The van der Waals surface area contributed by atoms with Crippen molar-refractivity contribution < 1.29 is 22.4 Å². The third kappa shape index (κ3) is 3.10. The monoisotopic (exact) mass is 401 g/mol. The number of carbonyl (C=O) groups is 1. The molecule has 1 fully saturated rings. The number of urea groups is 1. The number of anilines is 2. The van der Waals surface area contributed by atoms with Gasteiger partial charge in [-0.1, -0.05) is 24.3 Å². The number of halogens is 4. The molecule has 0 aliphatic carbocycles. The molecule has 10 heteroatoms. The lowest BCUT2D eigenvalue weighted by atomic mass is 10.1. The van der Waals surface area contributed by atoms with E-state index in [4.69, 9.17) is 0 Å². The molecule has 6 nitrogen and oxygen atoms in total. The lowest BCUT2D eigenvalue weighted by Gasteiger charge is -2.21. The molecular formula is C19H11F4N5O. The molecule has 1 aliphatic heterocycles. The smallest absolute Gasteiger partial charge is 0.289 e. The van der Waals surface area contributed by atoms with Crippen LogP contribution in [-0.4, -0.2) is 28.6 Å². The summed E-state index contributed by atoms with van der Waals surface area (Å²) < 4.78 is 52.1. The molecular weight excluding hydrogens is 390 g/mol. The van der Waals surface area contributed by atoms with Gasteiger partial charge in [0.05, 0.1) is 36.4 Å². The predicted molar refractivity (Wildman–Crippen MR) is 95.6 cm³/mol. The van der Waals surface area contributed by atoms with E-state index < -0.39 is 29.8 Å². The number of aromatic nitrogens is 2. The van der Waals surface area contributed by atoms with Gasteiger partial charge >= 0.3 is 12.2 Å². The molecule has 3 aromatic rings. The number of nitriles is 1. The highest BCUT2D eigenvalue weighted by Crippen LogP contribution is 2.35. The standard InChI is InChI=1S/C19H11F4N5O/c20-15-5-12(8-26-17(15)19(21,22)23)27-10-13(6-24)28(18(27)29)16-9-25-7-11-3-1-2-4-14(11)16/h1-5,7-9,13H,10H2/t13-/m1/s1. The zero-order chi connectivity index (χ0) is 20.8. The minimum atomic E-state index is -4.95. The van der Waals surface area contributed by atoms with Crippen molar-refractivity contribution in [3.05, 3.63) is 60.4 Å². The van der Waals surface area contributed by atoms with E-state index in [1.807, 2.05) is 6.07 Å². The minimum Gasteiger partial charge on any atom is -0.289 e. The van der Waals surface area contributed by atoms with Crippen molar-refractivity contribution in [1.29, 1.82) is 5.26 Å². The molecule has 2 amide bonds. The van der Waals surface area contributed by atoms with E-state index in [1.54, 1.807) is 30.5 Å². The third-order valence-corrected chi connectivity index (χ3v) is 4.57. The van der Waals surface area contributed by atoms with E-state index in [0.717, 1.165) is 16.5 Å². The van der Waals surface area contributed by atoms with Crippen LogP contribution in [0.3, 0.4) is 0 Å². The van der Waals surface area contributed by atoms with E-state index in [9.17, 15) is 27.6 Å². The van der Waals surface area contributed by atoms with Crippen molar-refractivity contribution in [2.45, 2.75) is 12.2 Å². The van der Waals surface area contributed by atoms with Gasteiger partial charge in [-0.25, -0.2) is 14.2 Å². The summed E-state index contributed by atoms with van der Waals surface area (Å²) in [5.74, 6) is -1.60. The summed E-state index contributed by atoms with van der Waals surface area (Å²) in [5, 5.41) is 10.9. The fourth-order valence-corrected chi connectivity index (χ4v) is 3.26. The molecule has 146 valence electrons. The Morgan fingerprint density at radius 3 is 2.62 bits per heavy atom. The first-order valence-electron chi connectivity index (χ1n) is 8.37. The maximum Gasteiger partial charge on any atom is 0.436 e. The maximum atomic E-state index is 13.9. The van der Waals surface area contributed by atoms with E-state index in [1.165, 1.54) is 11.1 Å². The average molecular weight is 401 g/mol. The van der Waals surface area contributed by atoms with Crippen LogP contribution in [0.25, 0.3) is 10.8 Å². The molecule has 1 saturated heterocycles. The zero-order valence-electron chi connectivity index (χ0n) is 14.6. The second-order valence-corrected chi connectivity index (χ2v) is 6.31. The van der Waals surface area contributed by atoms with Gasteiger partial charge in [-0.3, -0.25) is 14.8 Å². The van der Waals surface area contributed by atoms with Gasteiger partial charge in [0.2, 0.25) is 0 Å². The van der Waals surface area contributed by atoms with Gasteiger partial charge in [-0.05, 0) is 0 Å². The molecule has 29 heavy (non-hydrogen) atoms. The van der Waals surface area contributed by atoms with Crippen LogP contribution < -0.4 is 9.80 Å². The summed E-state index contributed by atoms with van der Waals surface area (Å²) in [7, 11) is 0. The Hall–Kier alpha value is -3.74. The number of alkyl halides is 3. The van der Waals surface area contributed by atoms with Crippen LogP contribution in [0.2, 0.25) is 0 Å². The predicted octanol–water partition coefficient (Wildman–Crippen LogP) is 4.13. The molecule has 1 aliphatic rings. The summed E-state index contributed by atoms with van der Waals surface area (Å²) in [6, 6.07) is 8.07. The van der Waals surface area contributed by atoms with Crippen LogP contribution in [0.4, 0.5) is 33.7 Å². The molecule has 0 N–H and O–H groups in total. The molecule has 4 rings (SSSR count). The summed E-state index contributed by atoms with van der Waals surface area (Å²) in [4.78, 5) is 22.4. The van der Waals surface area contributed by atoms with Crippen molar-refractivity contribution in [3.63, 3.8) is 0 Å². The molecule has 3 heterocycles. The molecule has 0 saturated carbocycles. The van der Waals surface area contributed by atoms with Crippen molar-refractivity contribution in [1.82, 2.24) is 9.97 Å². The third-order valence-electron chi connectivity index (χ3n) is 4.57. The van der Waals surface area contributed by atoms with Crippen LogP contribution in [0.1, 0.15) is 5.69 Å². The largest absolute Gasteiger partial charge is 0.436 e. The number of benzene rings is 1. The maximum absolute atomic E-state index is 13.9. The molecule has 2 aromatic heterocycles. The summed E-state index contributed by atoms with van der Waals surface area (Å²) in [6.07, 6.45) is -1.15. The topological polar surface area (TPSA) is 73.1 Å². The molecule has 1 atom stereocenters. The highest BCUT2D eigenvalue weighted by molar-refractivity contribution is 6.11. The molecule has 0 unspecified atom stereocenters. The summed E-state index contributed by atoms with van der Waals surface area (Å²) in [5.41, 5.74) is -1.46. The first-order chi connectivity index (χ1) is 13.8. The Kier molecular flexibility index (Phi) is 4.30. The Morgan fingerprint density at radius 1 is 1.17 bits per heavy atom. The van der Waals surface area contributed by atoms with Crippen molar-refractivity contribution in [3.8, 4) is 6.07 Å². The Labute approximate surface area is 161 Å². The molecule has 0 bridgehead atoms. The van der Waals surface area contributed by atoms with Crippen molar-refractivity contribution in [2.75, 3.05) is 16.3 Å². The second kappa shape index (κ2) is 6.70. The van der Waals surface area contributed by atoms with E-state index >= 15 is 0 Å². The Morgan fingerprint density at radius 2 is 1.93 bits per heavy atom. The highest BCUT2D eigenvalue weighted by Gasteiger charge is 2.41. The summed E-state index contributed by atoms with van der Waals surface area (Å²) in [6.45, 7) is -0.162.